The Bertz CT molecular complexity index is 444. The quantitative estimate of drug-likeness (QED) is 0.587. The zero-order valence-corrected chi connectivity index (χ0v) is 8.46. The minimum Gasteiger partial charge on any atom is -0.338 e. The van der Waals surface area contributed by atoms with Gasteiger partial charge in [-0.15, -0.1) is 11.6 Å². The Labute approximate surface area is 89.9 Å². The molecule has 0 radical (unpaired) electrons. The predicted molar refractivity (Wildman–Crippen MR) is 52.1 cm³/mol. The van der Waals surface area contributed by atoms with E-state index < -0.39 is 0 Å². The predicted octanol–water partition coefficient (Wildman–Crippen LogP) is 2.52. The molecule has 0 aliphatic rings. The van der Waals surface area contributed by atoms with E-state index in [0.717, 1.165) is 0 Å². The highest BCUT2D eigenvalue weighted by atomic mass is 35.5. The molecule has 0 atom stereocenters. The van der Waals surface area contributed by atoms with Crippen molar-refractivity contribution in [2.75, 3.05) is 0 Å². The largest absolute Gasteiger partial charge is 0.338 e. The van der Waals surface area contributed by atoms with Gasteiger partial charge in [-0.3, -0.25) is 0 Å². The smallest absolute Gasteiger partial charge is 0.241 e. The molecule has 0 aromatic carbocycles. The van der Waals surface area contributed by atoms with E-state index in [2.05, 4.69) is 15.1 Å². The van der Waals surface area contributed by atoms with Crippen LogP contribution in [0.1, 0.15) is 5.89 Å². The van der Waals surface area contributed by atoms with Crippen molar-refractivity contribution in [3.8, 4) is 11.4 Å². The van der Waals surface area contributed by atoms with Gasteiger partial charge in [0.2, 0.25) is 11.7 Å². The summed E-state index contributed by atoms with van der Waals surface area (Å²) in [5, 5.41) is 4.07. The fraction of sp³-hybridized carbons (Fsp3) is 0.125. The maximum Gasteiger partial charge on any atom is 0.241 e. The van der Waals surface area contributed by atoms with Crippen LogP contribution in [0.25, 0.3) is 11.4 Å². The third-order valence-corrected chi connectivity index (χ3v) is 2.11. The van der Waals surface area contributed by atoms with Crippen molar-refractivity contribution >= 4 is 23.2 Å². The highest BCUT2D eigenvalue weighted by molar-refractivity contribution is 6.31. The Balaban J connectivity index is 2.44. The molecule has 0 unspecified atom stereocenters. The van der Waals surface area contributed by atoms with Crippen LogP contribution in [0.15, 0.2) is 22.9 Å². The summed E-state index contributed by atoms with van der Waals surface area (Å²) >= 11 is 11.4. The molecule has 6 heteroatoms. The molecule has 2 heterocycles. The Morgan fingerprint density at radius 3 is 2.93 bits per heavy atom. The zero-order valence-electron chi connectivity index (χ0n) is 6.94. The van der Waals surface area contributed by atoms with Gasteiger partial charge in [-0.2, -0.15) is 4.98 Å². The van der Waals surface area contributed by atoms with Crippen LogP contribution in [0, 0.1) is 0 Å². The Hall–Kier alpha value is -1.13. The average molecular weight is 230 g/mol. The van der Waals surface area contributed by atoms with Crippen molar-refractivity contribution < 1.29 is 4.52 Å². The van der Waals surface area contributed by atoms with Gasteiger partial charge in [0, 0.05) is 6.20 Å². The van der Waals surface area contributed by atoms with Crippen LogP contribution >= 0.6 is 23.2 Å². The van der Waals surface area contributed by atoms with Crippen molar-refractivity contribution in [3.05, 3.63) is 29.4 Å². The molecule has 0 spiro atoms. The number of hydrogen-bond donors (Lipinski definition) is 0. The normalized spacial score (nSPS) is 10.4. The van der Waals surface area contributed by atoms with Gasteiger partial charge in [0.05, 0.1) is 5.56 Å². The summed E-state index contributed by atoms with van der Waals surface area (Å²) < 4.78 is 4.84. The highest BCUT2D eigenvalue weighted by Gasteiger charge is 2.10. The Kier molecular flexibility index (Phi) is 2.65. The molecule has 14 heavy (non-hydrogen) atoms. The van der Waals surface area contributed by atoms with Crippen molar-refractivity contribution in [2.45, 2.75) is 5.88 Å². The summed E-state index contributed by atoms with van der Waals surface area (Å²) in [6.45, 7) is 0. The summed E-state index contributed by atoms with van der Waals surface area (Å²) in [5.74, 6) is 0.950. The van der Waals surface area contributed by atoms with Crippen LogP contribution in [0.4, 0.5) is 0 Å². The summed E-state index contributed by atoms with van der Waals surface area (Å²) in [7, 11) is 0. The molecule has 0 N–H and O–H groups in total. The van der Waals surface area contributed by atoms with Gasteiger partial charge in [-0.25, -0.2) is 4.98 Å². The van der Waals surface area contributed by atoms with Crippen LogP contribution in [-0.2, 0) is 5.88 Å². The second-order valence-corrected chi connectivity index (χ2v) is 3.11. The number of pyridine rings is 1. The molecule has 0 saturated carbocycles. The summed E-state index contributed by atoms with van der Waals surface area (Å²) in [4.78, 5) is 7.93. The minimum atomic E-state index is 0.185. The van der Waals surface area contributed by atoms with Gasteiger partial charge >= 0.3 is 0 Å². The molecular weight excluding hydrogens is 225 g/mol. The van der Waals surface area contributed by atoms with Crippen LogP contribution in [-0.4, -0.2) is 15.1 Å². The number of hydrogen-bond acceptors (Lipinski definition) is 4. The van der Waals surface area contributed by atoms with E-state index >= 15 is 0 Å². The van der Waals surface area contributed by atoms with Crippen molar-refractivity contribution in [1.29, 1.82) is 0 Å². The van der Waals surface area contributed by atoms with Gasteiger partial charge in [-0.1, -0.05) is 16.8 Å². The topological polar surface area (TPSA) is 51.8 Å². The first-order valence-electron chi connectivity index (χ1n) is 3.80. The number of alkyl halides is 1. The second kappa shape index (κ2) is 3.94. The first kappa shape index (κ1) is 9.43. The fourth-order valence-electron chi connectivity index (χ4n) is 0.971. The SMILES string of the molecule is ClCc1nc(-c2cccnc2Cl)no1. The first-order valence-corrected chi connectivity index (χ1v) is 4.72. The lowest BCUT2D eigenvalue weighted by Crippen LogP contribution is -1.84. The first-order chi connectivity index (χ1) is 6.81. The molecule has 4 nitrogen and oxygen atoms in total. The molecule has 0 amide bonds. The molecule has 72 valence electrons. The summed E-state index contributed by atoms with van der Waals surface area (Å²) in [6.07, 6.45) is 1.59. The van der Waals surface area contributed by atoms with Gasteiger partial charge in [0.1, 0.15) is 11.0 Å². The monoisotopic (exact) mass is 229 g/mol. The van der Waals surface area contributed by atoms with Crippen molar-refractivity contribution in [2.24, 2.45) is 0 Å². The van der Waals surface area contributed by atoms with Gasteiger partial charge in [0.25, 0.3) is 0 Å². The fourth-order valence-corrected chi connectivity index (χ4v) is 1.28. The number of aromatic nitrogens is 3. The average Bonchev–Trinajstić information content (AvgIpc) is 2.67. The number of halogens is 2. The molecule has 2 rings (SSSR count). The van der Waals surface area contributed by atoms with Crippen LogP contribution in [0.3, 0.4) is 0 Å². The lowest BCUT2D eigenvalue weighted by Gasteiger charge is -1.94. The van der Waals surface area contributed by atoms with Crippen LogP contribution in [0.5, 0.6) is 0 Å². The molecular formula is C8H5Cl2N3O. The standard InChI is InChI=1S/C8H5Cl2N3O/c9-4-6-12-8(13-14-6)5-2-1-3-11-7(5)10/h1-3H,4H2. The van der Waals surface area contributed by atoms with E-state index in [-0.39, 0.29) is 5.88 Å². The van der Waals surface area contributed by atoms with E-state index in [0.29, 0.717) is 22.4 Å². The van der Waals surface area contributed by atoms with Crippen LogP contribution < -0.4 is 0 Å². The number of nitrogens with zero attached hydrogens (tertiary/aromatic N) is 3. The van der Waals surface area contributed by atoms with E-state index in [9.17, 15) is 0 Å². The third kappa shape index (κ3) is 1.71. The maximum absolute atomic E-state index is 5.85. The maximum atomic E-state index is 5.85. The van der Waals surface area contributed by atoms with Gasteiger partial charge < -0.3 is 4.52 Å². The molecule has 0 fully saturated rings. The molecule has 2 aromatic rings. The van der Waals surface area contributed by atoms with E-state index in [1.165, 1.54) is 0 Å². The molecule has 0 aliphatic heterocycles. The van der Waals surface area contributed by atoms with Crippen molar-refractivity contribution in [3.63, 3.8) is 0 Å². The highest BCUT2D eigenvalue weighted by Crippen LogP contribution is 2.22. The molecule has 0 saturated heterocycles. The Morgan fingerprint density at radius 1 is 1.43 bits per heavy atom. The van der Waals surface area contributed by atoms with E-state index in [1.54, 1.807) is 18.3 Å². The van der Waals surface area contributed by atoms with Gasteiger partial charge in [0.15, 0.2) is 0 Å². The summed E-state index contributed by atoms with van der Waals surface area (Å²) in [6, 6.07) is 3.51. The van der Waals surface area contributed by atoms with Crippen molar-refractivity contribution in [1.82, 2.24) is 15.1 Å². The lowest BCUT2D eigenvalue weighted by atomic mass is 10.3. The third-order valence-electron chi connectivity index (χ3n) is 1.58. The van der Waals surface area contributed by atoms with Crippen LogP contribution in [0.2, 0.25) is 5.15 Å². The van der Waals surface area contributed by atoms with E-state index in [4.69, 9.17) is 27.7 Å². The van der Waals surface area contributed by atoms with E-state index in [1.807, 2.05) is 0 Å². The summed E-state index contributed by atoms with van der Waals surface area (Å²) in [5.41, 5.74) is 0.634. The zero-order chi connectivity index (χ0) is 9.97. The number of rotatable bonds is 2. The molecule has 2 aromatic heterocycles. The second-order valence-electron chi connectivity index (χ2n) is 2.49. The molecule has 0 aliphatic carbocycles. The van der Waals surface area contributed by atoms with Gasteiger partial charge in [-0.05, 0) is 12.1 Å². The minimum absolute atomic E-state index is 0.185. The Morgan fingerprint density at radius 2 is 2.29 bits per heavy atom. The molecule has 0 bridgehead atoms. The lowest BCUT2D eigenvalue weighted by molar-refractivity contribution is 0.391.